The van der Waals surface area contributed by atoms with Crippen LogP contribution in [0.4, 0.5) is 5.69 Å². The number of hydrogen-bond donors (Lipinski definition) is 1. The van der Waals surface area contributed by atoms with Gasteiger partial charge < -0.3 is 5.73 Å². The van der Waals surface area contributed by atoms with Gasteiger partial charge in [-0.25, -0.2) is 8.42 Å². The number of nitrogens with two attached hydrogens (primary N) is 1. The molecule has 2 N–H and O–H groups in total. The third-order valence-corrected chi connectivity index (χ3v) is 6.77. The fraction of sp³-hybridized carbons (Fsp3) is 0.571. The molecule has 1 atom stereocenters. The lowest BCUT2D eigenvalue weighted by Gasteiger charge is -2.27. The Balaban J connectivity index is 1.93. The molecule has 0 aromatic heterocycles. The molecule has 22 heavy (non-hydrogen) atoms. The highest BCUT2D eigenvalue weighted by molar-refractivity contribution is 7.89. The monoisotopic (exact) mass is 325 g/mol. The minimum absolute atomic E-state index is 0.156. The van der Waals surface area contributed by atoms with E-state index in [1.54, 1.807) is 0 Å². The fourth-order valence-electron chi connectivity index (χ4n) is 3.39. The number of rotatable bonds is 5. The van der Waals surface area contributed by atoms with E-state index < -0.39 is 14.9 Å². The van der Waals surface area contributed by atoms with Gasteiger partial charge in [0.05, 0.1) is 4.92 Å². The molecule has 2 aliphatic rings. The van der Waals surface area contributed by atoms with E-state index in [0.717, 1.165) is 19.3 Å². The average Bonchev–Trinajstić information content (AvgIpc) is 3.27. The van der Waals surface area contributed by atoms with Gasteiger partial charge in [0.1, 0.15) is 0 Å². The van der Waals surface area contributed by atoms with E-state index in [1.165, 1.54) is 28.6 Å². The molecule has 1 aliphatic carbocycles. The van der Waals surface area contributed by atoms with Crippen molar-refractivity contribution >= 4 is 15.7 Å². The highest BCUT2D eigenvalue weighted by atomic mass is 32.2. The van der Waals surface area contributed by atoms with Crippen LogP contribution in [0.2, 0.25) is 0 Å². The van der Waals surface area contributed by atoms with E-state index in [1.807, 2.05) is 0 Å². The summed E-state index contributed by atoms with van der Waals surface area (Å²) in [5.41, 5.74) is 5.37. The second kappa shape index (κ2) is 5.29. The van der Waals surface area contributed by atoms with Crippen LogP contribution in [0.5, 0.6) is 0 Å². The number of sulfonamides is 1. The van der Waals surface area contributed by atoms with Gasteiger partial charge in [0.25, 0.3) is 5.69 Å². The van der Waals surface area contributed by atoms with Gasteiger partial charge in [0.2, 0.25) is 10.0 Å². The molecule has 1 aromatic carbocycles. The molecule has 120 valence electrons. The van der Waals surface area contributed by atoms with Crippen LogP contribution in [0.15, 0.2) is 29.2 Å². The summed E-state index contributed by atoms with van der Waals surface area (Å²) in [5.74, 6) is 0.489. The van der Waals surface area contributed by atoms with Crippen LogP contribution in [0.1, 0.15) is 19.3 Å². The molecule has 1 aromatic rings. The van der Waals surface area contributed by atoms with Gasteiger partial charge in [-0.1, -0.05) is 12.1 Å². The first kappa shape index (κ1) is 15.4. The predicted octanol–water partition coefficient (Wildman–Crippen LogP) is 1.34. The lowest BCUT2D eigenvalue weighted by molar-refractivity contribution is -0.387. The van der Waals surface area contributed by atoms with E-state index in [2.05, 4.69) is 0 Å². The second-order valence-electron chi connectivity index (χ2n) is 6.15. The van der Waals surface area contributed by atoms with Crippen molar-refractivity contribution in [1.29, 1.82) is 0 Å². The Bertz CT molecular complexity index is 702. The molecule has 0 radical (unpaired) electrons. The fourth-order valence-corrected chi connectivity index (χ4v) is 5.08. The van der Waals surface area contributed by atoms with Crippen molar-refractivity contribution in [2.75, 3.05) is 19.6 Å². The van der Waals surface area contributed by atoms with Crippen molar-refractivity contribution in [2.45, 2.75) is 24.2 Å². The molecule has 1 heterocycles. The first-order valence-electron chi connectivity index (χ1n) is 7.34. The zero-order valence-electron chi connectivity index (χ0n) is 12.1. The molecule has 3 rings (SSSR count). The summed E-state index contributed by atoms with van der Waals surface area (Å²) in [7, 11) is -3.87. The second-order valence-corrected chi connectivity index (χ2v) is 8.06. The van der Waals surface area contributed by atoms with E-state index in [9.17, 15) is 18.5 Å². The van der Waals surface area contributed by atoms with E-state index >= 15 is 0 Å². The van der Waals surface area contributed by atoms with Crippen LogP contribution in [-0.4, -0.2) is 37.3 Å². The molecule has 0 bridgehead atoms. The summed E-state index contributed by atoms with van der Waals surface area (Å²) in [6, 6.07) is 5.50. The zero-order valence-corrected chi connectivity index (χ0v) is 13.0. The summed E-state index contributed by atoms with van der Waals surface area (Å²) in [5, 5.41) is 11.1. The summed E-state index contributed by atoms with van der Waals surface area (Å²) >= 11 is 0. The van der Waals surface area contributed by atoms with Crippen molar-refractivity contribution < 1.29 is 13.3 Å². The van der Waals surface area contributed by atoms with Crippen LogP contribution < -0.4 is 5.73 Å². The maximum absolute atomic E-state index is 12.8. The molecule has 2 fully saturated rings. The van der Waals surface area contributed by atoms with Gasteiger partial charge in [-0.15, -0.1) is 0 Å². The third-order valence-electron chi connectivity index (χ3n) is 4.88. The molecule has 1 unspecified atom stereocenters. The molecule has 0 spiro atoms. The summed E-state index contributed by atoms with van der Waals surface area (Å²) < 4.78 is 26.9. The Hall–Kier alpha value is -1.51. The highest BCUT2D eigenvalue weighted by Crippen LogP contribution is 2.51. The number of hydrogen-bond acceptors (Lipinski definition) is 5. The highest BCUT2D eigenvalue weighted by Gasteiger charge is 2.51. The number of nitro groups is 1. The Morgan fingerprint density at radius 3 is 2.64 bits per heavy atom. The van der Waals surface area contributed by atoms with Gasteiger partial charge in [-0.3, -0.25) is 10.1 Å². The Labute approximate surface area is 129 Å². The molecule has 7 nitrogen and oxygen atoms in total. The number of nitro benzene ring substituents is 1. The van der Waals surface area contributed by atoms with Crippen LogP contribution >= 0.6 is 0 Å². The van der Waals surface area contributed by atoms with Crippen molar-refractivity contribution in [2.24, 2.45) is 17.1 Å². The first-order chi connectivity index (χ1) is 10.4. The maximum atomic E-state index is 12.8. The van der Waals surface area contributed by atoms with Crippen molar-refractivity contribution in [1.82, 2.24) is 4.31 Å². The van der Waals surface area contributed by atoms with Crippen molar-refractivity contribution in [3.05, 3.63) is 34.4 Å². The lowest BCUT2D eigenvalue weighted by Crippen LogP contribution is -2.38. The molecule has 1 aliphatic heterocycles. The normalized spacial score (nSPS) is 26.2. The molecular formula is C14H19N3O4S. The summed E-state index contributed by atoms with van der Waals surface area (Å²) in [6.45, 7) is 1.20. The van der Waals surface area contributed by atoms with Gasteiger partial charge in [0.15, 0.2) is 4.90 Å². The molecule has 8 heteroatoms. The SMILES string of the molecule is NCC1(C2CC2)CCN(S(=O)(=O)c2ccccc2[N+](=O)[O-])C1. The molecule has 1 saturated heterocycles. The Morgan fingerprint density at radius 1 is 1.36 bits per heavy atom. The third kappa shape index (κ3) is 2.41. The van der Waals surface area contributed by atoms with E-state index in [-0.39, 0.29) is 16.0 Å². The van der Waals surface area contributed by atoms with Gasteiger partial charge in [0, 0.05) is 24.6 Å². The quantitative estimate of drug-likeness (QED) is 0.649. The molecule has 1 saturated carbocycles. The van der Waals surface area contributed by atoms with Crippen LogP contribution in [0.3, 0.4) is 0 Å². The minimum Gasteiger partial charge on any atom is -0.330 e. The van der Waals surface area contributed by atoms with Gasteiger partial charge >= 0.3 is 0 Å². The zero-order chi connectivity index (χ0) is 16.0. The van der Waals surface area contributed by atoms with Crippen LogP contribution in [0, 0.1) is 21.4 Å². The van der Waals surface area contributed by atoms with Crippen LogP contribution in [-0.2, 0) is 10.0 Å². The van der Waals surface area contributed by atoms with Crippen molar-refractivity contribution in [3.63, 3.8) is 0 Å². The van der Waals surface area contributed by atoms with Gasteiger partial charge in [-0.05, 0) is 37.8 Å². The minimum atomic E-state index is -3.87. The average molecular weight is 325 g/mol. The number of nitrogens with zero attached hydrogens (tertiary/aromatic N) is 2. The number of benzene rings is 1. The lowest BCUT2D eigenvalue weighted by atomic mass is 9.82. The summed E-state index contributed by atoms with van der Waals surface area (Å²) in [6.07, 6.45) is 2.92. The van der Waals surface area contributed by atoms with Gasteiger partial charge in [-0.2, -0.15) is 4.31 Å². The standard InChI is InChI=1S/C14H19N3O4S/c15-9-14(11-5-6-11)7-8-16(10-14)22(20,21)13-4-2-1-3-12(13)17(18)19/h1-4,11H,5-10,15H2. The number of para-hydroxylation sites is 1. The summed E-state index contributed by atoms with van der Waals surface area (Å²) in [4.78, 5) is 10.2. The smallest absolute Gasteiger partial charge is 0.289 e. The largest absolute Gasteiger partial charge is 0.330 e. The van der Waals surface area contributed by atoms with Crippen LogP contribution in [0.25, 0.3) is 0 Å². The predicted molar refractivity (Wildman–Crippen MR) is 80.7 cm³/mol. The Kier molecular flexibility index (Phi) is 3.70. The van der Waals surface area contributed by atoms with Crippen molar-refractivity contribution in [3.8, 4) is 0 Å². The molecule has 0 amide bonds. The maximum Gasteiger partial charge on any atom is 0.289 e. The first-order valence-corrected chi connectivity index (χ1v) is 8.78. The molecular weight excluding hydrogens is 306 g/mol. The topological polar surface area (TPSA) is 107 Å². The van der Waals surface area contributed by atoms with E-state index in [4.69, 9.17) is 5.73 Å². The Morgan fingerprint density at radius 2 is 2.05 bits per heavy atom. The van der Waals surface area contributed by atoms with E-state index in [0.29, 0.717) is 25.6 Å².